The largest absolute Gasteiger partial charge is 0.460 e. The maximum Gasteiger partial charge on any atom is 0.378 e. The van der Waals surface area contributed by atoms with Crippen LogP contribution < -0.4 is 10.3 Å². The summed E-state index contributed by atoms with van der Waals surface area (Å²) in [5, 5.41) is 0. The number of aromatic nitrogens is 1. The topological polar surface area (TPSA) is 73.3 Å². The minimum atomic E-state index is -0.826. The maximum atomic E-state index is 11.3. The number of pyridine rings is 1. The van der Waals surface area contributed by atoms with E-state index in [9.17, 15) is 9.59 Å². The van der Waals surface area contributed by atoms with E-state index in [1.54, 1.807) is 31.3 Å². The number of rotatable bonds is 4. The van der Waals surface area contributed by atoms with Crippen molar-refractivity contribution in [3.8, 4) is 0 Å². The Morgan fingerprint density at radius 3 is 2.80 bits per heavy atom. The van der Waals surface area contributed by atoms with Gasteiger partial charge in [-0.15, -0.1) is 0 Å². The van der Waals surface area contributed by atoms with Crippen LogP contribution in [0.15, 0.2) is 24.4 Å². The first kappa shape index (κ1) is 11.2. The fourth-order valence-corrected chi connectivity index (χ4v) is 1.06. The average Bonchev–Trinajstić information content (AvgIpc) is 2.21. The van der Waals surface area contributed by atoms with Crippen LogP contribution in [0, 0.1) is 0 Å². The molecule has 5 heteroatoms. The van der Waals surface area contributed by atoms with Gasteiger partial charge in [0.05, 0.1) is 12.8 Å². The molecule has 0 aliphatic carbocycles. The Morgan fingerprint density at radius 1 is 1.47 bits per heavy atom. The number of esters is 1. The number of ketones is 1. The number of carbonyl (C=O) groups is 2. The quantitative estimate of drug-likeness (QED) is 0.419. The van der Waals surface area contributed by atoms with Gasteiger partial charge in [0.2, 0.25) is 0 Å². The van der Waals surface area contributed by atoms with Crippen LogP contribution in [0.4, 0.5) is 5.82 Å². The molecule has 0 unspecified atom stereocenters. The number of anilines is 1. The monoisotopic (exact) mass is 209 g/mol. The summed E-state index contributed by atoms with van der Waals surface area (Å²) in [6.07, 6.45) is 1.63. The van der Waals surface area contributed by atoms with Crippen LogP contribution in [0.25, 0.3) is 0 Å². The van der Waals surface area contributed by atoms with Gasteiger partial charge in [0.1, 0.15) is 0 Å². The van der Waals surface area contributed by atoms with Crippen molar-refractivity contribution in [3.05, 3.63) is 24.4 Å². The van der Waals surface area contributed by atoms with Crippen LogP contribution in [-0.2, 0) is 20.9 Å². The molecule has 0 fully saturated rings. The lowest BCUT2D eigenvalue weighted by Gasteiger charge is -2.01. The zero-order valence-corrected chi connectivity index (χ0v) is 8.47. The first-order valence-corrected chi connectivity index (χ1v) is 4.59. The zero-order valence-electron chi connectivity index (χ0n) is 8.47. The summed E-state index contributed by atoms with van der Waals surface area (Å²) >= 11 is 0. The van der Waals surface area contributed by atoms with E-state index in [2.05, 4.69) is 4.74 Å². The first-order chi connectivity index (χ1) is 7.15. The molecule has 0 saturated carbocycles. The Hall–Kier alpha value is -1.91. The highest BCUT2D eigenvalue weighted by Gasteiger charge is 2.18. The molecule has 0 radical (unpaired) electrons. The van der Waals surface area contributed by atoms with E-state index < -0.39 is 11.8 Å². The van der Waals surface area contributed by atoms with E-state index in [0.717, 1.165) is 0 Å². The highest BCUT2D eigenvalue weighted by Crippen LogP contribution is 1.91. The molecule has 1 aromatic rings. The lowest BCUT2D eigenvalue weighted by Crippen LogP contribution is -2.42. The summed E-state index contributed by atoms with van der Waals surface area (Å²) < 4.78 is 6.06. The van der Waals surface area contributed by atoms with Crippen molar-refractivity contribution < 1.29 is 18.9 Å². The molecule has 0 spiro atoms. The Bertz CT molecular complexity index is 377. The van der Waals surface area contributed by atoms with E-state index in [-0.39, 0.29) is 13.2 Å². The first-order valence-electron chi connectivity index (χ1n) is 4.59. The SMILES string of the molecule is CCOC(=O)C(=O)C[n+]1ccccc1N. The van der Waals surface area contributed by atoms with Gasteiger partial charge in [-0.3, -0.25) is 10.5 Å². The van der Waals surface area contributed by atoms with Gasteiger partial charge in [0.25, 0.3) is 11.6 Å². The molecule has 0 amide bonds. The molecule has 0 aliphatic rings. The van der Waals surface area contributed by atoms with E-state index in [1.807, 2.05) is 0 Å². The van der Waals surface area contributed by atoms with Crippen LogP contribution in [0.3, 0.4) is 0 Å². The second kappa shape index (κ2) is 5.09. The number of Topliss-reactive ketones (excluding diaryl/α,β-unsaturated/α-hetero) is 1. The molecule has 1 aromatic heterocycles. The smallest absolute Gasteiger partial charge is 0.378 e. The molecule has 15 heavy (non-hydrogen) atoms. The van der Waals surface area contributed by atoms with Crippen molar-refractivity contribution in [2.24, 2.45) is 0 Å². The molecular weight excluding hydrogens is 196 g/mol. The van der Waals surface area contributed by atoms with Gasteiger partial charge in [-0.1, -0.05) is 6.07 Å². The molecule has 0 aliphatic heterocycles. The van der Waals surface area contributed by atoms with E-state index in [4.69, 9.17) is 5.73 Å². The molecular formula is C10H13N2O3+. The summed E-state index contributed by atoms with van der Waals surface area (Å²) in [6, 6.07) is 5.13. The minimum absolute atomic E-state index is 0.0918. The second-order valence-corrected chi connectivity index (χ2v) is 2.90. The molecule has 0 bridgehead atoms. The summed E-state index contributed by atoms with van der Waals surface area (Å²) in [5.74, 6) is -1.01. The number of nitrogens with zero attached hydrogens (tertiary/aromatic N) is 1. The van der Waals surface area contributed by atoms with Crippen LogP contribution in [0.5, 0.6) is 0 Å². The van der Waals surface area contributed by atoms with Crippen LogP contribution in [0.2, 0.25) is 0 Å². The fourth-order valence-electron chi connectivity index (χ4n) is 1.06. The molecule has 0 atom stereocenters. The average molecular weight is 209 g/mol. The molecule has 1 heterocycles. The molecule has 0 aromatic carbocycles. The van der Waals surface area contributed by atoms with Gasteiger partial charge >= 0.3 is 5.97 Å². The number of hydrogen-bond acceptors (Lipinski definition) is 4. The lowest BCUT2D eigenvalue weighted by atomic mass is 10.3. The van der Waals surface area contributed by atoms with Crippen molar-refractivity contribution in [1.82, 2.24) is 0 Å². The Labute approximate surface area is 87.5 Å². The van der Waals surface area contributed by atoms with Crippen molar-refractivity contribution in [2.45, 2.75) is 13.5 Å². The third kappa shape index (κ3) is 3.05. The second-order valence-electron chi connectivity index (χ2n) is 2.90. The predicted octanol–water partition coefficient (Wildman–Crippen LogP) is -0.312. The maximum absolute atomic E-state index is 11.3. The normalized spacial score (nSPS) is 9.67. The highest BCUT2D eigenvalue weighted by atomic mass is 16.5. The van der Waals surface area contributed by atoms with E-state index in [1.165, 1.54) is 4.57 Å². The van der Waals surface area contributed by atoms with Gasteiger partial charge in [-0.05, 0) is 13.0 Å². The number of nitrogen functional groups attached to an aromatic ring is 1. The Morgan fingerprint density at radius 2 is 2.20 bits per heavy atom. The van der Waals surface area contributed by atoms with Gasteiger partial charge in [0.15, 0.2) is 6.54 Å². The number of nitrogens with two attached hydrogens (primary N) is 1. The third-order valence-electron chi connectivity index (χ3n) is 1.79. The number of ether oxygens (including phenoxy) is 1. The van der Waals surface area contributed by atoms with Crippen molar-refractivity contribution in [2.75, 3.05) is 12.3 Å². The Kier molecular flexibility index (Phi) is 3.79. The summed E-state index contributed by atoms with van der Waals surface area (Å²) in [7, 11) is 0. The molecule has 80 valence electrons. The standard InChI is InChI=1S/C10H12N2O3/c1-2-15-10(14)8(13)7-12-6-4-3-5-9(12)11/h3-6,11H,2,7H2,1H3/p+1. The van der Waals surface area contributed by atoms with E-state index in [0.29, 0.717) is 5.82 Å². The zero-order chi connectivity index (χ0) is 11.3. The van der Waals surface area contributed by atoms with Gasteiger partial charge < -0.3 is 4.74 Å². The molecule has 0 saturated heterocycles. The molecule has 2 N–H and O–H groups in total. The predicted molar refractivity (Wildman–Crippen MR) is 52.7 cm³/mol. The highest BCUT2D eigenvalue weighted by molar-refractivity contribution is 6.33. The molecule has 5 nitrogen and oxygen atoms in total. The van der Waals surface area contributed by atoms with Crippen LogP contribution in [-0.4, -0.2) is 18.4 Å². The van der Waals surface area contributed by atoms with Crippen molar-refractivity contribution in [1.29, 1.82) is 0 Å². The van der Waals surface area contributed by atoms with Crippen molar-refractivity contribution in [3.63, 3.8) is 0 Å². The van der Waals surface area contributed by atoms with Crippen molar-refractivity contribution >= 4 is 17.6 Å². The number of hydrogen-bond donors (Lipinski definition) is 1. The lowest BCUT2D eigenvalue weighted by molar-refractivity contribution is -0.669. The van der Waals surface area contributed by atoms with Crippen LogP contribution in [0.1, 0.15) is 6.92 Å². The summed E-state index contributed by atoms with van der Waals surface area (Å²) in [6.45, 7) is 1.75. The van der Waals surface area contributed by atoms with Gasteiger partial charge in [-0.2, -0.15) is 0 Å². The van der Waals surface area contributed by atoms with Gasteiger partial charge in [-0.25, -0.2) is 9.36 Å². The summed E-state index contributed by atoms with van der Waals surface area (Å²) in [5.41, 5.74) is 5.60. The van der Waals surface area contributed by atoms with Gasteiger partial charge in [0, 0.05) is 6.07 Å². The molecule has 1 rings (SSSR count). The van der Waals surface area contributed by atoms with Crippen LogP contribution >= 0.6 is 0 Å². The summed E-state index contributed by atoms with van der Waals surface area (Å²) in [4.78, 5) is 22.3. The number of carbonyl (C=O) groups excluding carboxylic acids is 2. The van der Waals surface area contributed by atoms with E-state index >= 15 is 0 Å². The minimum Gasteiger partial charge on any atom is -0.460 e. The Balaban J connectivity index is 2.67. The third-order valence-corrected chi connectivity index (χ3v) is 1.79. The fraction of sp³-hybridized carbons (Fsp3) is 0.300.